The molecule has 1 unspecified atom stereocenters. The first-order chi connectivity index (χ1) is 11.7. The zero-order valence-electron chi connectivity index (χ0n) is 16.6. The van der Waals surface area contributed by atoms with Crippen LogP contribution < -0.4 is 22.9 Å². The van der Waals surface area contributed by atoms with Gasteiger partial charge in [0.25, 0.3) is 0 Å². The van der Waals surface area contributed by atoms with Crippen LogP contribution in [0.2, 0.25) is 0 Å². The maximum atomic E-state index is 5.64. The molecule has 0 amide bonds. The number of rotatable bonds is 17. The Morgan fingerprint density at radius 3 is 0.958 bits per heavy atom. The molecule has 0 saturated heterocycles. The lowest BCUT2D eigenvalue weighted by Gasteiger charge is -2.03. The summed E-state index contributed by atoms with van der Waals surface area (Å²) in [7, 11) is 0. The molecule has 0 fully saturated rings. The Morgan fingerprint density at radius 1 is 0.458 bits per heavy atom. The lowest BCUT2D eigenvalue weighted by Crippen LogP contribution is -2.13. The largest absolute Gasteiger partial charge is 0.330 e. The Morgan fingerprint density at radius 2 is 0.708 bits per heavy atom. The molecule has 0 aliphatic heterocycles. The summed E-state index contributed by atoms with van der Waals surface area (Å²) in [6, 6.07) is 0.383. The zero-order valence-corrected chi connectivity index (χ0v) is 16.6. The van der Waals surface area contributed by atoms with Crippen LogP contribution in [0.5, 0.6) is 0 Å². The predicted octanol–water partition coefficient (Wildman–Crippen LogP) is 4.05. The molecule has 0 bridgehead atoms. The van der Waals surface area contributed by atoms with Gasteiger partial charge < -0.3 is 22.9 Å². The van der Waals surface area contributed by atoms with Gasteiger partial charge in [-0.1, -0.05) is 70.6 Å². The molecule has 0 saturated carbocycles. The van der Waals surface area contributed by atoms with E-state index in [0.717, 1.165) is 19.6 Å². The molecule has 0 aromatic carbocycles. The van der Waals surface area contributed by atoms with Crippen molar-refractivity contribution in [3.8, 4) is 0 Å². The maximum absolute atomic E-state index is 5.64. The van der Waals surface area contributed by atoms with Crippen molar-refractivity contribution in [2.24, 2.45) is 22.9 Å². The van der Waals surface area contributed by atoms with E-state index in [9.17, 15) is 0 Å². The van der Waals surface area contributed by atoms with Crippen LogP contribution in [-0.4, -0.2) is 25.7 Å². The lowest BCUT2D eigenvalue weighted by molar-refractivity contribution is 0.550. The van der Waals surface area contributed by atoms with E-state index in [1.165, 1.54) is 96.3 Å². The van der Waals surface area contributed by atoms with Crippen molar-refractivity contribution in [1.82, 2.24) is 0 Å². The minimum atomic E-state index is 0.383. The molecule has 4 nitrogen and oxygen atoms in total. The smallest absolute Gasteiger partial charge is 0.00104 e. The van der Waals surface area contributed by atoms with Gasteiger partial charge in [-0.2, -0.15) is 0 Å². The fourth-order valence-corrected chi connectivity index (χ4v) is 2.67. The van der Waals surface area contributed by atoms with Gasteiger partial charge in [-0.3, -0.25) is 0 Å². The van der Waals surface area contributed by atoms with Crippen LogP contribution in [0.3, 0.4) is 0 Å². The van der Waals surface area contributed by atoms with Gasteiger partial charge in [0.15, 0.2) is 0 Å². The molecule has 8 N–H and O–H groups in total. The summed E-state index contributed by atoms with van der Waals surface area (Å²) in [4.78, 5) is 0. The quantitative estimate of drug-likeness (QED) is 0.299. The highest BCUT2D eigenvalue weighted by Crippen LogP contribution is 2.08. The van der Waals surface area contributed by atoms with Gasteiger partial charge in [0.1, 0.15) is 0 Å². The molecule has 0 rings (SSSR count). The first kappa shape index (κ1) is 26.1. The Hall–Kier alpha value is -0.160. The predicted molar refractivity (Wildman–Crippen MR) is 110 cm³/mol. The van der Waals surface area contributed by atoms with Gasteiger partial charge in [-0.15, -0.1) is 0 Å². The number of unbranched alkanes of at least 4 members (excludes halogenated alkanes) is 12. The van der Waals surface area contributed by atoms with Crippen LogP contribution >= 0.6 is 0 Å². The molecule has 0 aromatic heterocycles. The Kier molecular flexibility index (Phi) is 27.3. The van der Waals surface area contributed by atoms with Crippen molar-refractivity contribution in [1.29, 1.82) is 0 Å². The summed E-state index contributed by atoms with van der Waals surface area (Å²) in [5, 5.41) is 0. The van der Waals surface area contributed by atoms with E-state index in [-0.39, 0.29) is 0 Å². The van der Waals surface area contributed by atoms with E-state index in [4.69, 9.17) is 22.9 Å². The summed E-state index contributed by atoms with van der Waals surface area (Å²) in [6.07, 6.45) is 19.5. The highest BCUT2D eigenvalue weighted by Gasteiger charge is 1.94. The fraction of sp³-hybridized carbons (Fsp3) is 1.00. The summed E-state index contributed by atoms with van der Waals surface area (Å²) in [6.45, 7) is 4.63. The third kappa shape index (κ3) is 29.8. The highest BCUT2D eigenvalue weighted by molar-refractivity contribution is 4.53. The Balaban J connectivity index is 0. The fourth-order valence-electron chi connectivity index (χ4n) is 2.67. The zero-order chi connectivity index (χ0) is 18.3. The van der Waals surface area contributed by atoms with Crippen molar-refractivity contribution < 1.29 is 0 Å². The summed E-state index contributed by atoms with van der Waals surface area (Å²) >= 11 is 0. The van der Waals surface area contributed by atoms with E-state index < -0.39 is 0 Å². The average Bonchev–Trinajstić information content (AvgIpc) is 2.57. The van der Waals surface area contributed by atoms with Gasteiger partial charge >= 0.3 is 0 Å². The first-order valence-corrected chi connectivity index (χ1v) is 10.5. The minimum absolute atomic E-state index is 0.383. The Labute approximate surface area is 152 Å². The molecule has 24 heavy (non-hydrogen) atoms. The van der Waals surface area contributed by atoms with Crippen molar-refractivity contribution >= 4 is 0 Å². The van der Waals surface area contributed by atoms with E-state index in [1.807, 2.05) is 0 Å². The van der Waals surface area contributed by atoms with E-state index in [0.29, 0.717) is 6.04 Å². The first-order valence-electron chi connectivity index (χ1n) is 10.5. The molecule has 0 spiro atoms. The molecule has 1 atom stereocenters. The molecule has 148 valence electrons. The molecule has 4 heteroatoms. The number of hydrogen-bond acceptors (Lipinski definition) is 4. The molecular weight excluding hydrogens is 296 g/mol. The van der Waals surface area contributed by atoms with Crippen LogP contribution in [0.25, 0.3) is 0 Å². The van der Waals surface area contributed by atoms with E-state index in [2.05, 4.69) is 6.92 Å². The normalized spacial score (nSPS) is 11.9. The van der Waals surface area contributed by atoms with Gasteiger partial charge in [0, 0.05) is 6.04 Å². The summed E-state index contributed by atoms with van der Waals surface area (Å²) in [5.41, 5.74) is 21.8. The monoisotopic (exact) mass is 344 g/mol. The van der Waals surface area contributed by atoms with Crippen LogP contribution in [0.1, 0.15) is 103 Å². The SMILES string of the molecule is CC(N)CCCCCCCCN.NCCCCCCCCCCN. The molecular formula is C20H48N4. The Bertz CT molecular complexity index is 188. The molecule has 0 heterocycles. The number of nitrogens with two attached hydrogens (primary N) is 4. The number of hydrogen-bond donors (Lipinski definition) is 4. The second kappa shape index (κ2) is 25.1. The average molecular weight is 345 g/mol. The standard InChI is InChI=1S/2C10H24N2/c1-10(12)8-6-4-2-3-5-7-9-11;11-9-7-5-3-1-2-4-6-8-10-12/h10H,2-9,11-12H2,1H3;1-12H2. The van der Waals surface area contributed by atoms with Crippen molar-refractivity contribution in [2.45, 2.75) is 109 Å². The van der Waals surface area contributed by atoms with Gasteiger partial charge in [0.2, 0.25) is 0 Å². The van der Waals surface area contributed by atoms with Crippen LogP contribution in [0, 0.1) is 0 Å². The van der Waals surface area contributed by atoms with Crippen LogP contribution in [0.15, 0.2) is 0 Å². The molecule has 0 aromatic rings. The minimum Gasteiger partial charge on any atom is -0.330 e. The third-order valence-corrected chi connectivity index (χ3v) is 4.27. The second-order valence-corrected chi connectivity index (χ2v) is 7.08. The summed E-state index contributed by atoms with van der Waals surface area (Å²) < 4.78 is 0. The van der Waals surface area contributed by atoms with E-state index >= 15 is 0 Å². The van der Waals surface area contributed by atoms with Crippen molar-refractivity contribution in [3.05, 3.63) is 0 Å². The maximum Gasteiger partial charge on any atom is 0.00104 e. The third-order valence-electron chi connectivity index (χ3n) is 4.27. The van der Waals surface area contributed by atoms with Gasteiger partial charge in [0.05, 0.1) is 0 Å². The summed E-state index contributed by atoms with van der Waals surface area (Å²) in [5.74, 6) is 0. The molecule has 0 aliphatic rings. The van der Waals surface area contributed by atoms with Crippen molar-refractivity contribution in [2.75, 3.05) is 19.6 Å². The van der Waals surface area contributed by atoms with E-state index in [1.54, 1.807) is 0 Å². The van der Waals surface area contributed by atoms with Crippen molar-refractivity contribution in [3.63, 3.8) is 0 Å². The van der Waals surface area contributed by atoms with Gasteiger partial charge in [-0.25, -0.2) is 0 Å². The molecule has 0 radical (unpaired) electrons. The molecule has 0 aliphatic carbocycles. The highest BCUT2D eigenvalue weighted by atomic mass is 14.6. The topological polar surface area (TPSA) is 104 Å². The van der Waals surface area contributed by atoms with Crippen LogP contribution in [0.4, 0.5) is 0 Å². The van der Waals surface area contributed by atoms with Crippen LogP contribution in [-0.2, 0) is 0 Å². The lowest BCUT2D eigenvalue weighted by atomic mass is 10.1. The van der Waals surface area contributed by atoms with Gasteiger partial charge in [-0.05, 0) is 52.2 Å². The second-order valence-electron chi connectivity index (χ2n) is 7.08.